The number of likely N-dealkylation sites (tertiary alicyclic amines) is 1. The van der Waals surface area contributed by atoms with Gasteiger partial charge in [-0.05, 0) is 63.0 Å². The average molecular weight is 512 g/mol. The first-order chi connectivity index (χ1) is 17.5. The summed E-state index contributed by atoms with van der Waals surface area (Å²) in [5, 5.41) is 4.02. The topological polar surface area (TPSA) is 78.0 Å². The summed E-state index contributed by atoms with van der Waals surface area (Å²) >= 11 is 1.53. The summed E-state index contributed by atoms with van der Waals surface area (Å²) in [6.45, 7) is 6.79. The fraction of sp³-hybridized carbons (Fsp3) is 0.593. The molecule has 2 aromatic rings. The van der Waals surface area contributed by atoms with Crippen LogP contribution >= 0.6 is 11.3 Å². The van der Waals surface area contributed by atoms with Crippen LogP contribution in [0, 0.1) is 12.8 Å². The first kappa shape index (κ1) is 25.0. The average Bonchev–Trinajstić information content (AvgIpc) is 3.21. The molecule has 0 bridgehead atoms. The number of nitrogens with one attached hydrogen (secondary N) is 1. The number of urea groups is 1. The molecule has 1 aromatic carbocycles. The minimum Gasteiger partial charge on any atom is -0.385 e. The number of rotatable bonds is 6. The van der Waals surface area contributed by atoms with Crippen LogP contribution in [-0.2, 0) is 11.2 Å². The molecule has 0 atom stereocenters. The Labute approximate surface area is 217 Å². The van der Waals surface area contributed by atoms with Gasteiger partial charge in [-0.15, -0.1) is 0 Å². The van der Waals surface area contributed by atoms with Gasteiger partial charge in [0.1, 0.15) is 4.88 Å². The lowest BCUT2D eigenvalue weighted by Gasteiger charge is -2.37. The fourth-order valence-corrected chi connectivity index (χ4v) is 6.76. The van der Waals surface area contributed by atoms with Crippen molar-refractivity contribution in [1.29, 1.82) is 0 Å². The van der Waals surface area contributed by atoms with Crippen molar-refractivity contribution in [3.05, 3.63) is 40.4 Å². The van der Waals surface area contributed by atoms with E-state index in [1.807, 2.05) is 34.9 Å². The fourth-order valence-electron chi connectivity index (χ4n) is 5.68. The van der Waals surface area contributed by atoms with Crippen molar-refractivity contribution >= 4 is 34.1 Å². The Morgan fingerprint density at radius 3 is 2.61 bits per heavy atom. The number of hydrogen-bond acceptors (Lipinski definition) is 6. The third-order valence-electron chi connectivity index (χ3n) is 7.93. The third-order valence-corrected chi connectivity index (χ3v) is 9.14. The van der Waals surface area contributed by atoms with Crippen molar-refractivity contribution in [3.8, 4) is 0 Å². The number of para-hydroxylation sites is 1. The first-order valence-corrected chi connectivity index (χ1v) is 14.0. The zero-order valence-corrected chi connectivity index (χ0v) is 22.2. The quantitative estimate of drug-likeness (QED) is 0.622. The Morgan fingerprint density at radius 1 is 1.11 bits per heavy atom. The summed E-state index contributed by atoms with van der Waals surface area (Å²) in [7, 11) is 1.75. The van der Waals surface area contributed by atoms with Crippen LogP contribution in [0.2, 0.25) is 0 Å². The van der Waals surface area contributed by atoms with Crippen LogP contribution < -0.4 is 10.2 Å². The predicted octanol–water partition coefficient (Wildman–Crippen LogP) is 4.40. The molecule has 4 heterocycles. The highest BCUT2D eigenvalue weighted by Crippen LogP contribution is 2.32. The number of aryl methyl sites for hydroxylation is 1. The zero-order valence-electron chi connectivity index (χ0n) is 21.4. The van der Waals surface area contributed by atoms with Crippen LogP contribution in [-0.4, -0.2) is 79.2 Å². The number of hydrogen-bond donors (Lipinski definition) is 1. The van der Waals surface area contributed by atoms with Gasteiger partial charge < -0.3 is 24.8 Å². The predicted molar refractivity (Wildman–Crippen MR) is 143 cm³/mol. The van der Waals surface area contributed by atoms with Crippen LogP contribution in [0.4, 0.5) is 15.6 Å². The maximum atomic E-state index is 13.3. The number of amides is 3. The van der Waals surface area contributed by atoms with Gasteiger partial charge in [0.15, 0.2) is 5.13 Å². The number of carbonyl (C=O) groups is 2. The molecule has 3 aliphatic heterocycles. The highest BCUT2D eigenvalue weighted by atomic mass is 32.1. The van der Waals surface area contributed by atoms with Crippen LogP contribution in [0.25, 0.3) is 0 Å². The number of fused-ring (bicyclic) bond motifs is 1. The molecule has 1 aromatic heterocycles. The normalized spacial score (nSPS) is 19.7. The first-order valence-electron chi connectivity index (χ1n) is 13.2. The van der Waals surface area contributed by atoms with Crippen LogP contribution in [0.1, 0.15) is 53.0 Å². The monoisotopic (exact) mass is 511 g/mol. The minimum absolute atomic E-state index is 0.00219. The molecule has 0 spiro atoms. The number of piperidine rings is 2. The molecule has 2 saturated heterocycles. The van der Waals surface area contributed by atoms with E-state index >= 15 is 0 Å². The van der Waals surface area contributed by atoms with Crippen LogP contribution in [0.5, 0.6) is 0 Å². The molecular formula is C27H37N5O3S. The second kappa shape index (κ2) is 11.2. The summed E-state index contributed by atoms with van der Waals surface area (Å²) in [6, 6.07) is 8.29. The van der Waals surface area contributed by atoms with Gasteiger partial charge in [-0.2, -0.15) is 0 Å². The van der Waals surface area contributed by atoms with E-state index in [0.29, 0.717) is 5.92 Å². The van der Waals surface area contributed by atoms with Crippen molar-refractivity contribution in [2.45, 2.75) is 51.5 Å². The Balaban J connectivity index is 1.16. The van der Waals surface area contributed by atoms with Gasteiger partial charge >= 0.3 is 6.03 Å². The van der Waals surface area contributed by atoms with Gasteiger partial charge in [0.05, 0.1) is 5.69 Å². The maximum absolute atomic E-state index is 13.3. The smallest absolute Gasteiger partial charge is 0.322 e. The van der Waals surface area contributed by atoms with Crippen LogP contribution in [0.15, 0.2) is 24.3 Å². The number of benzene rings is 1. The number of aromatic nitrogens is 1. The Kier molecular flexibility index (Phi) is 7.76. The second-order valence-electron chi connectivity index (χ2n) is 10.2. The Bertz CT molecular complexity index is 1070. The van der Waals surface area contributed by atoms with E-state index in [2.05, 4.69) is 16.3 Å². The zero-order chi connectivity index (χ0) is 25.1. The van der Waals surface area contributed by atoms with E-state index in [4.69, 9.17) is 9.72 Å². The summed E-state index contributed by atoms with van der Waals surface area (Å²) < 4.78 is 5.22. The molecule has 9 heteroatoms. The van der Waals surface area contributed by atoms with E-state index in [1.54, 1.807) is 7.11 Å². The minimum atomic E-state index is 0.00219. The number of anilines is 2. The van der Waals surface area contributed by atoms with Gasteiger partial charge in [-0.25, -0.2) is 9.78 Å². The third kappa shape index (κ3) is 5.37. The van der Waals surface area contributed by atoms with E-state index < -0.39 is 0 Å². The molecular weight excluding hydrogens is 474 g/mol. The molecule has 0 radical (unpaired) electrons. The van der Waals surface area contributed by atoms with Crippen molar-refractivity contribution in [3.63, 3.8) is 0 Å². The van der Waals surface area contributed by atoms with Gasteiger partial charge in [-0.1, -0.05) is 29.5 Å². The Hall–Kier alpha value is -2.65. The van der Waals surface area contributed by atoms with Crippen molar-refractivity contribution in [1.82, 2.24) is 14.8 Å². The lowest BCUT2D eigenvalue weighted by Crippen LogP contribution is -2.48. The summed E-state index contributed by atoms with van der Waals surface area (Å²) in [4.78, 5) is 38.0. The van der Waals surface area contributed by atoms with Crippen molar-refractivity contribution < 1.29 is 14.3 Å². The molecule has 5 rings (SSSR count). The van der Waals surface area contributed by atoms with Crippen molar-refractivity contribution in [2.75, 3.05) is 56.7 Å². The number of thiazole rings is 1. The molecule has 1 N–H and O–H groups in total. The summed E-state index contributed by atoms with van der Waals surface area (Å²) in [5.41, 5.74) is 2.95. The molecule has 3 amide bonds. The standard InChI is InChI=1S/C27H37N5O3S/c1-19-24(25(33)30-13-7-20(8-14-30)12-18-35-2)36-27(28-19)31-15-10-22(11-16-31)32-17-9-21-5-3-4-6-23(21)29-26(32)34/h3-6,20,22H,7-18H2,1-2H3,(H,29,34). The Morgan fingerprint density at radius 2 is 1.86 bits per heavy atom. The molecule has 8 nitrogen and oxygen atoms in total. The number of carbonyl (C=O) groups excluding carboxylic acids is 2. The highest BCUT2D eigenvalue weighted by Gasteiger charge is 2.32. The van der Waals surface area contributed by atoms with Gasteiger partial charge in [0.25, 0.3) is 5.91 Å². The number of methoxy groups -OCH3 is 1. The van der Waals surface area contributed by atoms with Gasteiger partial charge in [-0.3, -0.25) is 4.79 Å². The van der Waals surface area contributed by atoms with Crippen molar-refractivity contribution in [2.24, 2.45) is 5.92 Å². The number of ether oxygens (including phenoxy) is 1. The van der Waals surface area contributed by atoms with E-state index in [0.717, 1.165) is 99.2 Å². The van der Waals surface area contributed by atoms with E-state index in [-0.39, 0.29) is 18.0 Å². The highest BCUT2D eigenvalue weighted by molar-refractivity contribution is 7.17. The summed E-state index contributed by atoms with van der Waals surface area (Å²) in [6.07, 6.45) is 5.84. The van der Waals surface area contributed by atoms with Gasteiger partial charge in [0, 0.05) is 58.2 Å². The molecule has 194 valence electrons. The molecule has 3 aliphatic rings. The lowest BCUT2D eigenvalue weighted by molar-refractivity contribution is 0.0673. The van der Waals surface area contributed by atoms with E-state index in [9.17, 15) is 9.59 Å². The molecule has 2 fully saturated rings. The SMILES string of the molecule is COCCC1CCN(C(=O)c2sc(N3CCC(N4CCc5ccccc5NC4=O)CC3)nc2C)CC1. The van der Waals surface area contributed by atoms with Crippen LogP contribution in [0.3, 0.4) is 0 Å². The lowest BCUT2D eigenvalue weighted by atomic mass is 9.94. The summed E-state index contributed by atoms with van der Waals surface area (Å²) in [5.74, 6) is 0.769. The maximum Gasteiger partial charge on any atom is 0.322 e. The molecule has 36 heavy (non-hydrogen) atoms. The molecule has 0 saturated carbocycles. The molecule has 0 unspecified atom stereocenters. The molecule has 0 aliphatic carbocycles. The largest absolute Gasteiger partial charge is 0.385 e. The van der Waals surface area contributed by atoms with E-state index in [1.165, 1.54) is 16.9 Å². The second-order valence-corrected chi connectivity index (χ2v) is 11.2. The number of nitrogens with zero attached hydrogens (tertiary/aromatic N) is 4. The van der Waals surface area contributed by atoms with Gasteiger partial charge in [0.2, 0.25) is 0 Å².